The predicted octanol–water partition coefficient (Wildman–Crippen LogP) is 1.35. The van der Waals surface area contributed by atoms with E-state index in [4.69, 9.17) is 0 Å². The molecule has 2 aromatic rings. The molecule has 0 aliphatic rings. The van der Waals surface area contributed by atoms with E-state index in [1.54, 1.807) is 19.2 Å². The van der Waals surface area contributed by atoms with Crippen LogP contribution in [-0.4, -0.2) is 56.2 Å². The van der Waals surface area contributed by atoms with E-state index in [9.17, 15) is 9.59 Å². The van der Waals surface area contributed by atoms with E-state index < -0.39 is 0 Å². The number of likely N-dealkylation sites (N-methyl/N-ethyl adjacent to an activating group) is 1. The van der Waals surface area contributed by atoms with Gasteiger partial charge in [0, 0.05) is 18.3 Å². The number of amides is 3. The zero-order chi connectivity index (χ0) is 18.6. The number of rotatable bonds is 4. The molecule has 1 aromatic carbocycles. The zero-order valence-electron chi connectivity index (χ0n) is 15.1. The summed E-state index contributed by atoms with van der Waals surface area (Å²) in [7, 11) is 1.56. The Kier molecular flexibility index (Phi) is 5.35. The zero-order valence-corrected chi connectivity index (χ0v) is 15.1. The number of tetrazole rings is 1. The van der Waals surface area contributed by atoms with Gasteiger partial charge < -0.3 is 15.5 Å². The number of anilines is 1. The van der Waals surface area contributed by atoms with Crippen LogP contribution in [0.25, 0.3) is 5.69 Å². The molecule has 0 saturated heterocycles. The molecule has 1 aromatic heterocycles. The van der Waals surface area contributed by atoms with Crippen molar-refractivity contribution in [2.45, 2.75) is 33.2 Å². The third kappa shape index (κ3) is 5.27. The van der Waals surface area contributed by atoms with Gasteiger partial charge in [-0.05, 0) is 55.8 Å². The standard InChI is InChI=1S/C16H23N7O2/c1-11-6-7-12(8-13(11)23-10-17-20-21-23)18-15(25)22(5)9-14(24)19-16(2,3)4/h6-8,10H,9H2,1-5H3,(H,18,25)(H,19,24). The van der Waals surface area contributed by atoms with E-state index in [0.717, 1.165) is 11.3 Å². The maximum absolute atomic E-state index is 12.3. The molecule has 0 bridgehead atoms. The summed E-state index contributed by atoms with van der Waals surface area (Å²) in [5.41, 5.74) is 1.97. The van der Waals surface area contributed by atoms with Crippen molar-refractivity contribution in [1.82, 2.24) is 30.4 Å². The summed E-state index contributed by atoms with van der Waals surface area (Å²) in [4.78, 5) is 25.5. The lowest BCUT2D eigenvalue weighted by molar-refractivity contribution is -0.122. The minimum atomic E-state index is -0.379. The Morgan fingerprint density at radius 1 is 1.28 bits per heavy atom. The van der Waals surface area contributed by atoms with Gasteiger partial charge in [-0.1, -0.05) is 6.07 Å². The van der Waals surface area contributed by atoms with Crippen LogP contribution >= 0.6 is 0 Å². The highest BCUT2D eigenvalue weighted by molar-refractivity contribution is 5.92. The van der Waals surface area contributed by atoms with Crippen LogP contribution in [0.1, 0.15) is 26.3 Å². The number of urea groups is 1. The van der Waals surface area contributed by atoms with Gasteiger partial charge in [0.25, 0.3) is 0 Å². The summed E-state index contributed by atoms with van der Waals surface area (Å²) in [6.45, 7) is 7.55. The molecule has 0 unspecified atom stereocenters. The van der Waals surface area contributed by atoms with Crippen LogP contribution in [0.15, 0.2) is 24.5 Å². The SMILES string of the molecule is Cc1ccc(NC(=O)N(C)CC(=O)NC(C)(C)C)cc1-n1cnnn1. The molecule has 0 radical (unpaired) electrons. The summed E-state index contributed by atoms with van der Waals surface area (Å²) in [6.07, 6.45) is 1.48. The van der Waals surface area contributed by atoms with E-state index >= 15 is 0 Å². The third-order valence-corrected chi connectivity index (χ3v) is 3.30. The Balaban J connectivity index is 2.03. The van der Waals surface area contributed by atoms with Gasteiger partial charge >= 0.3 is 6.03 Å². The maximum atomic E-state index is 12.3. The number of hydrogen-bond donors (Lipinski definition) is 2. The van der Waals surface area contributed by atoms with Gasteiger partial charge in [-0.3, -0.25) is 4.79 Å². The van der Waals surface area contributed by atoms with E-state index in [0.29, 0.717) is 5.69 Å². The molecule has 2 N–H and O–H groups in total. The number of nitrogens with zero attached hydrogens (tertiary/aromatic N) is 5. The first-order valence-electron chi connectivity index (χ1n) is 7.83. The van der Waals surface area contributed by atoms with Crippen molar-refractivity contribution < 1.29 is 9.59 Å². The van der Waals surface area contributed by atoms with E-state index in [1.165, 1.54) is 15.9 Å². The molecule has 0 saturated carbocycles. The van der Waals surface area contributed by atoms with Gasteiger partial charge in [0.15, 0.2) is 0 Å². The monoisotopic (exact) mass is 345 g/mol. The minimum absolute atomic E-state index is 0.0329. The fourth-order valence-corrected chi connectivity index (χ4v) is 2.17. The van der Waals surface area contributed by atoms with Crippen LogP contribution in [0.2, 0.25) is 0 Å². The van der Waals surface area contributed by atoms with Crippen LogP contribution in [0, 0.1) is 6.92 Å². The van der Waals surface area contributed by atoms with Gasteiger partial charge in [-0.25, -0.2) is 9.48 Å². The number of benzene rings is 1. The number of hydrogen-bond acceptors (Lipinski definition) is 5. The van der Waals surface area contributed by atoms with Crippen molar-refractivity contribution in [2.24, 2.45) is 0 Å². The van der Waals surface area contributed by atoms with Crippen molar-refractivity contribution >= 4 is 17.6 Å². The summed E-state index contributed by atoms with van der Waals surface area (Å²) in [5, 5.41) is 16.7. The number of aryl methyl sites for hydroxylation is 1. The van der Waals surface area contributed by atoms with E-state index in [-0.39, 0.29) is 24.0 Å². The van der Waals surface area contributed by atoms with E-state index in [2.05, 4.69) is 26.2 Å². The third-order valence-electron chi connectivity index (χ3n) is 3.30. The molecule has 134 valence electrons. The molecule has 9 nitrogen and oxygen atoms in total. The van der Waals surface area contributed by atoms with Crippen LogP contribution in [0.5, 0.6) is 0 Å². The molecule has 0 fully saturated rings. The van der Waals surface area contributed by atoms with Gasteiger partial charge in [-0.15, -0.1) is 5.10 Å². The first-order valence-corrected chi connectivity index (χ1v) is 7.83. The van der Waals surface area contributed by atoms with Crippen molar-refractivity contribution in [2.75, 3.05) is 18.9 Å². The van der Waals surface area contributed by atoms with Crippen LogP contribution in [-0.2, 0) is 4.79 Å². The Labute approximate surface area is 146 Å². The molecular formula is C16H23N7O2. The number of aromatic nitrogens is 4. The molecule has 0 spiro atoms. The summed E-state index contributed by atoms with van der Waals surface area (Å²) >= 11 is 0. The fourth-order valence-electron chi connectivity index (χ4n) is 2.17. The molecule has 9 heteroatoms. The van der Waals surface area contributed by atoms with Crippen molar-refractivity contribution in [3.05, 3.63) is 30.1 Å². The molecule has 0 aliphatic carbocycles. The molecule has 0 aliphatic heterocycles. The lowest BCUT2D eigenvalue weighted by Crippen LogP contribution is -2.47. The van der Waals surface area contributed by atoms with Gasteiger partial charge in [-0.2, -0.15) is 0 Å². The second kappa shape index (κ2) is 7.29. The van der Waals surface area contributed by atoms with Crippen LogP contribution in [0.3, 0.4) is 0 Å². The highest BCUT2D eigenvalue weighted by Crippen LogP contribution is 2.18. The fraction of sp³-hybridized carbons (Fsp3) is 0.438. The molecular weight excluding hydrogens is 322 g/mol. The molecule has 25 heavy (non-hydrogen) atoms. The Morgan fingerprint density at radius 2 is 2.00 bits per heavy atom. The molecule has 2 rings (SSSR count). The predicted molar refractivity (Wildman–Crippen MR) is 93.4 cm³/mol. The smallest absolute Gasteiger partial charge is 0.322 e. The number of nitrogens with one attached hydrogen (secondary N) is 2. The first-order chi connectivity index (χ1) is 11.7. The van der Waals surface area contributed by atoms with Gasteiger partial charge in [0.2, 0.25) is 5.91 Å². The molecule has 3 amide bonds. The first kappa shape index (κ1) is 18.4. The lowest BCUT2D eigenvalue weighted by atomic mass is 10.1. The van der Waals surface area contributed by atoms with Crippen LogP contribution < -0.4 is 10.6 Å². The quantitative estimate of drug-likeness (QED) is 0.870. The normalized spacial score (nSPS) is 11.1. The van der Waals surface area contributed by atoms with Gasteiger partial charge in [0.1, 0.15) is 12.9 Å². The van der Waals surface area contributed by atoms with Crippen molar-refractivity contribution in [3.8, 4) is 5.69 Å². The summed E-state index contributed by atoms with van der Waals surface area (Å²) in [5.74, 6) is -0.219. The largest absolute Gasteiger partial charge is 0.350 e. The maximum Gasteiger partial charge on any atom is 0.322 e. The highest BCUT2D eigenvalue weighted by Gasteiger charge is 2.18. The molecule has 0 atom stereocenters. The average Bonchev–Trinajstić information content (AvgIpc) is 3.01. The summed E-state index contributed by atoms with van der Waals surface area (Å²) in [6, 6.07) is 5.03. The van der Waals surface area contributed by atoms with Crippen LogP contribution in [0.4, 0.5) is 10.5 Å². The average molecular weight is 345 g/mol. The second-order valence-corrected chi connectivity index (χ2v) is 6.84. The second-order valence-electron chi connectivity index (χ2n) is 6.84. The number of carbonyl (C=O) groups is 2. The topological polar surface area (TPSA) is 105 Å². The highest BCUT2D eigenvalue weighted by atomic mass is 16.2. The molecule has 1 heterocycles. The van der Waals surface area contributed by atoms with Gasteiger partial charge in [0.05, 0.1) is 5.69 Å². The Morgan fingerprint density at radius 3 is 2.60 bits per heavy atom. The summed E-state index contributed by atoms with van der Waals surface area (Å²) < 4.78 is 1.52. The Hall–Kier alpha value is -2.97. The van der Waals surface area contributed by atoms with Crippen molar-refractivity contribution in [1.29, 1.82) is 0 Å². The Bertz CT molecular complexity index is 750. The minimum Gasteiger partial charge on any atom is -0.350 e. The number of carbonyl (C=O) groups excluding carboxylic acids is 2. The van der Waals surface area contributed by atoms with E-state index in [1.807, 2.05) is 33.8 Å². The lowest BCUT2D eigenvalue weighted by Gasteiger charge is -2.23. The van der Waals surface area contributed by atoms with Crippen molar-refractivity contribution in [3.63, 3.8) is 0 Å².